The molecule has 1 N–H and O–H groups in total. The molecule has 1 aliphatic heterocycles. The van der Waals surface area contributed by atoms with Gasteiger partial charge in [-0.1, -0.05) is 30.5 Å². The maximum absolute atomic E-state index is 12.3. The van der Waals surface area contributed by atoms with Crippen LogP contribution in [-0.2, 0) is 9.59 Å². The molecule has 114 valence electrons. The van der Waals surface area contributed by atoms with Crippen LogP contribution in [0.25, 0.3) is 0 Å². The summed E-state index contributed by atoms with van der Waals surface area (Å²) in [4.78, 5) is 26.2. The number of nitrogens with one attached hydrogen (secondary N) is 1. The van der Waals surface area contributed by atoms with E-state index in [0.29, 0.717) is 13.1 Å². The van der Waals surface area contributed by atoms with Gasteiger partial charge < -0.3 is 10.2 Å². The number of hydrogen-bond acceptors (Lipinski definition) is 2. The third-order valence-electron chi connectivity index (χ3n) is 4.00. The van der Waals surface area contributed by atoms with Crippen LogP contribution in [0.3, 0.4) is 0 Å². The number of carbonyl (C=O) groups excluding carboxylic acids is 2. The normalized spacial score (nSPS) is 15.5. The molecule has 2 amide bonds. The van der Waals surface area contributed by atoms with Crippen LogP contribution in [0.2, 0.25) is 0 Å². The second-order valence-electron chi connectivity index (χ2n) is 5.93. The SMILES string of the molecule is Cc1cc(C)c(NC(=O)C(=O)N2CCCCCC2)c(C)c1. The zero-order valence-corrected chi connectivity index (χ0v) is 13.2. The summed E-state index contributed by atoms with van der Waals surface area (Å²) in [6, 6.07) is 4.03. The predicted molar refractivity (Wildman–Crippen MR) is 84.3 cm³/mol. The number of carbonyl (C=O) groups is 2. The zero-order chi connectivity index (χ0) is 15.4. The fourth-order valence-corrected chi connectivity index (χ4v) is 2.96. The van der Waals surface area contributed by atoms with E-state index in [4.69, 9.17) is 0 Å². The van der Waals surface area contributed by atoms with Gasteiger partial charge in [0.1, 0.15) is 0 Å². The summed E-state index contributed by atoms with van der Waals surface area (Å²) < 4.78 is 0. The molecular formula is C17H24N2O2. The molecule has 0 bridgehead atoms. The molecule has 1 fully saturated rings. The molecular weight excluding hydrogens is 264 g/mol. The van der Waals surface area contributed by atoms with E-state index < -0.39 is 11.8 Å². The lowest BCUT2D eigenvalue weighted by atomic mass is 10.1. The van der Waals surface area contributed by atoms with Crippen LogP contribution >= 0.6 is 0 Å². The van der Waals surface area contributed by atoms with Gasteiger partial charge in [-0.15, -0.1) is 0 Å². The predicted octanol–water partition coefficient (Wildman–Crippen LogP) is 2.95. The molecule has 0 atom stereocenters. The molecule has 1 aliphatic rings. The van der Waals surface area contributed by atoms with Crippen LogP contribution in [0, 0.1) is 20.8 Å². The Hall–Kier alpha value is -1.84. The van der Waals surface area contributed by atoms with E-state index in [9.17, 15) is 9.59 Å². The van der Waals surface area contributed by atoms with Crippen LogP contribution in [0.1, 0.15) is 42.4 Å². The van der Waals surface area contributed by atoms with Crippen molar-refractivity contribution in [3.63, 3.8) is 0 Å². The molecule has 0 spiro atoms. The first-order chi connectivity index (χ1) is 9.99. The number of anilines is 1. The van der Waals surface area contributed by atoms with Gasteiger partial charge in [-0.25, -0.2) is 0 Å². The van der Waals surface area contributed by atoms with Gasteiger partial charge in [0.2, 0.25) is 0 Å². The van der Waals surface area contributed by atoms with Crippen molar-refractivity contribution < 1.29 is 9.59 Å². The van der Waals surface area contributed by atoms with E-state index in [2.05, 4.69) is 5.32 Å². The van der Waals surface area contributed by atoms with E-state index in [-0.39, 0.29) is 0 Å². The topological polar surface area (TPSA) is 49.4 Å². The van der Waals surface area contributed by atoms with Crippen LogP contribution < -0.4 is 5.32 Å². The van der Waals surface area contributed by atoms with Crippen molar-refractivity contribution in [3.05, 3.63) is 28.8 Å². The molecule has 0 aliphatic carbocycles. The molecule has 1 saturated heterocycles. The Morgan fingerprint density at radius 3 is 2.00 bits per heavy atom. The monoisotopic (exact) mass is 288 g/mol. The van der Waals surface area contributed by atoms with E-state index in [1.807, 2.05) is 32.9 Å². The lowest BCUT2D eigenvalue weighted by molar-refractivity contribution is -0.143. The quantitative estimate of drug-likeness (QED) is 0.808. The van der Waals surface area contributed by atoms with E-state index in [1.54, 1.807) is 4.90 Å². The van der Waals surface area contributed by atoms with Gasteiger partial charge in [0.15, 0.2) is 0 Å². The molecule has 1 heterocycles. The Morgan fingerprint density at radius 1 is 0.952 bits per heavy atom. The summed E-state index contributed by atoms with van der Waals surface area (Å²) in [5.41, 5.74) is 3.89. The van der Waals surface area contributed by atoms with E-state index in [1.165, 1.54) is 0 Å². The lowest BCUT2D eigenvalue weighted by Crippen LogP contribution is -2.40. The number of nitrogens with zero attached hydrogens (tertiary/aromatic N) is 1. The first-order valence-corrected chi connectivity index (χ1v) is 7.67. The molecule has 4 heteroatoms. The molecule has 0 radical (unpaired) electrons. The van der Waals surface area contributed by atoms with Crippen LogP contribution in [0.4, 0.5) is 5.69 Å². The van der Waals surface area contributed by atoms with Crippen LogP contribution in [0.5, 0.6) is 0 Å². The number of hydrogen-bond donors (Lipinski definition) is 1. The van der Waals surface area contributed by atoms with Crippen molar-refractivity contribution in [1.29, 1.82) is 0 Å². The minimum absolute atomic E-state index is 0.406. The molecule has 2 rings (SSSR count). The molecule has 0 saturated carbocycles. The highest BCUT2D eigenvalue weighted by atomic mass is 16.2. The molecule has 1 aromatic rings. The van der Waals surface area contributed by atoms with Crippen molar-refractivity contribution in [2.24, 2.45) is 0 Å². The fraction of sp³-hybridized carbons (Fsp3) is 0.529. The Balaban J connectivity index is 2.08. The average Bonchev–Trinajstić information content (AvgIpc) is 2.70. The van der Waals surface area contributed by atoms with E-state index in [0.717, 1.165) is 48.1 Å². The zero-order valence-electron chi connectivity index (χ0n) is 13.2. The smallest absolute Gasteiger partial charge is 0.313 e. The van der Waals surface area contributed by atoms with Crippen molar-refractivity contribution in [1.82, 2.24) is 4.90 Å². The Morgan fingerprint density at radius 2 is 1.48 bits per heavy atom. The molecule has 0 aromatic heterocycles. The van der Waals surface area contributed by atoms with Gasteiger partial charge in [-0.3, -0.25) is 9.59 Å². The molecule has 4 nitrogen and oxygen atoms in total. The maximum Gasteiger partial charge on any atom is 0.313 e. The van der Waals surface area contributed by atoms with Gasteiger partial charge in [-0.2, -0.15) is 0 Å². The number of aryl methyl sites for hydroxylation is 3. The number of rotatable bonds is 1. The van der Waals surface area contributed by atoms with Crippen molar-refractivity contribution >= 4 is 17.5 Å². The summed E-state index contributed by atoms with van der Waals surface area (Å²) in [6.45, 7) is 7.31. The minimum Gasteiger partial charge on any atom is -0.334 e. The fourth-order valence-electron chi connectivity index (χ4n) is 2.96. The van der Waals surface area contributed by atoms with Crippen molar-refractivity contribution in [2.75, 3.05) is 18.4 Å². The highest BCUT2D eigenvalue weighted by molar-refractivity contribution is 6.39. The van der Waals surface area contributed by atoms with E-state index >= 15 is 0 Å². The minimum atomic E-state index is -0.521. The first-order valence-electron chi connectivity index (χ1n) is 7.67. The van der Waals surface area contributed by atoms with Gasteiger partial charge in [0, 0.05) is 18.8 Å². The highest BCUT2D eigenvalue weighted by Gasteiger charge is 2.23. The maximum atomic E-state index is 12.3. The highest BCUT2D eigenvalue weighted by Crippen LogP contribution is 2.22. The van der Waals surface area contributed by atoms with Gasteiger partial charge in [0.05, 0.1) is 0 Å². The Bertz CT molecular complexity index is 521. The lowest BCUT2D eigenvalue weighted by Gasteiger charge is -2.20. The second kappa shape index (κ2) is 6.74. The van der Waals surface area contributed by atoms with Gasteiger partial charge >= 0.3 is 11.8 Å². The largest absolute Gasteiger partial charge is 0.334 e. The number of benzene rings is 1. The number of amides is 2. The summed E-state index contributed by atoms with van der Waals surface area (Å²) in [5.74, 6) is -0.928. The Kier molecular flexibility index (Phi) is 4.99. The summed E-state index contributed by atoms with van der Waals surface area (Å²) in [7, 11) is 0. The summed E-state index contributed by atoms with van der Waals surface area (Å²) >= 11 is 0. The van der Waals surface area contributed by atoms with Crippen LogP contribution in [-0.4, -0.2) is 29.8 Å². The third kappa shape index (κ3) is 3.84. The standard InChI is InChI=1S/C17H24N2O2/c1-12-10-13(2)15(14(3)11-12)18-16(20)17(21)19-8-6-4-5-7-9-19/h10-11H,4-9H2,1-3H3,(H,18,20). The van der Waals surface area contributed by atoms with Crippen molar-refractivity contribution in [2.45, 2.75) is 46.5 Å². The molecule has 0 unspecified atom stereocenters. The molecule has 21 heavy (non-hydrogen) atoms. The average molecular weight is 288 g/mol. The molecule has 1 aromatic carbocycles. The summed E-state index contributed by atoms with van der Waals surface area (Å²) in [6.07, 6.45) is 4.26. The van der Waals surface area contributed by atoms with Gasteiger partial charge in [-0.05, 0) is 44.7 Å². The second-order valence-corrected chi connectivity index (χ2v) is 5.93. The number of likely N-dealkylation sites (tertiary alicyclic amines) is 1. The Labute approximate surface area is 126 Å². The van der Waals surface area contributed by atoms with Gasteiger partial charge in [0.25, 0.3) is 0 Å². The first kappa shape index (κ1) is 15.5. The summed E-state index contributed by atoms with van der Waals surface area (Å²) in [5, 5.41) is 2.79. The third-order valence-corrected chi connectivity index (χ3v) is 4.00. The van der Waals surface area contributed by atoms with Crippen LogP contribution in [0.15, 0.2) is 12.1 Å². The van der Waals surface area contributed by atoms with Crippen molar-refractivity contribution in [3.8, 4) is 0 Å².